The molecule has 0 fully saturated rings. The monoisotopic (exact) mass is 496 g/mol. The third-order valence-electron chi connectivity index (χ3n) is 6.66. The number of benzene rings is 4. The molecule has 7 heteroatoms. The van der Waals surface area contributed by atoms with Crippen LogP contribution in [0.3, 0.4) is 0 Å². The van der Waals surface area contributed by atoms with E-state index in [9.17, 15) is 9.59 Å². The van der Waals surface area contributed by atoms with Crippen LogP contribution in [0.15, 0.2) is 72.8 Å². The van der Waals surface area contributed by atoms with Gasteiger partial charge in [0.15, 0.2) is 11.5 Å². The number of aromatic nitrogens is 1. The summed E-state index contributed by atoms with van der Waals surface area (Å²) in [7, 11) is 3.51. The summed E-state index contributed by atoms with van der Waals surface area (Å²) in [6, 6.07) is 22.9. The molecule has 0 spiro atoms. The molecule has 5 aromatic rings. The Kier molecular flexibility index (Phi) is 5.20. The maximum absolute atomic E-state index is 13.1. The predicted octanol–water partition coefficient (Wildman–Crippen LogP) is 6.12. The van der Waals surface area contributed by atoms with E-state index in [1.165, 1.54) is 0 Å². The number of carbonyl (C=O) groups is 2. The second-order valence-corrected chi connectivity index (χ2v) is 9.09. The van der Waals surface area contributed by atoms with Crippen LogP contribution in [0.4, 0.5) is 0 Å². The number of rotatable bonds is 5. The van der Waals surface area contributed by atoms with E-state index in [-0.39, 0.29) is 0 Å². The predicted molar refractivity (Wildman–Crippen MR) is 140 cm³/mol. The summed E-state index contributed by atoms with van der Waals surface area (Å²) >= 11 is 6.50. The zero-order chi connectivity index (χ0) is 25.0. The van der Waals surface area contributed by atoms with E-state index in [0.717, 1.165) is 22.0 Å². The van der Waals surface area contributed by atoms with Crippen molar-refractivity contribution in [3.8, 4) is 22.6 Å². The lowest BCUT2D eigenvalue weighted by Gasteiger charge is -2.12. The second kappa shape index (κ2) is 8.43. The van der Waals surface area contributed by atoms with Crippen molar-refractivity contribution in [3.05, 3.63) is 94.5 Å². The Morgan fingerprint density at radius 1 is 0.833 bits per heavy atom. The first-order chi connectivity index (χ1) is 17.5. The molecule has 1 N–H and O–H groups in total. The Labute approximate surface area is 212 Å². The molecule has 4 aromatic carbocycles. The summed E-state index contributed by atoms with van der Waals surface area (Å²) in [4.78, 5) is 26.0. The number of nitrogens with zero attached hydrogens (tertiary/aromatic N) is 1. The number of nitrogens with one attached hydrogen (secondary N) is 1. The van der Waals surface area contributed by atoms with Crippen molar-refractivity contribution in [2.45, 2.75) is 6.61 Å². The van der Waals surface area contributed by atoms with Gasteiger partial charge >= 0.3 is 0 Å². The van der Waals surface area contributed by atoms with E-state index < -0.39 is 11.8 Å². The second-order valence-electron chi connectivity index (χ2n) is 8.68. The van der Waals surface area contributed by atoms with E-state index in [2.05, 4.69) is 5.32 Å². The Morgan fingerprint density at radius 2 is 1.56 bits per heavy atom. The smallest absolute Gasteiger partial charge is 0.259 e. The van der Waals surface area contributed by atoms with Gasteiger partial charge in [-0.25, -0.2) is 0 Å². The molecule has 1 aliphatic heterocycles. The molecule has 0 atom stereocenters. The summed E-state index contributed by atoms with van der Waals surface area (Å²) in [6.45, 7) is 0.385. The van der Waals surface area contributed by atoms with Crippen LogP contribution in [-0.4, -0.2) is 23.5 Å². The maximum Gasteiger partial charge on any atom is 0.259 e. The molecular weight excluding hydrogens is 476 g/mol. The number of fused-ring (bicyclic) bond motifs is 5. The molecule has 6 nitrogen and oxygen atoms in total. The fraction of sp³-hybridized carbons (Fsp3) is 0.103. The largest absolute Gasteiger partial charge is 0.493 e. The SMILES string of the molecule is COc1cc2c3c4c(c(-c5ccccc5Cl)cc3n(C)c2cc1OCc1ccccc1)C(=O)NC4=O. The van der Waals surface area contributed by atoms with Crippen molar-refractivity contribution < 1.29 is 19.1 Å². The van der Waals surface area contributed by atoms with Crippen LogP contribution >= 0.6 is 11.6 Å². The summed E-state index contributed by atoms with van der Waals surface area (Å²) in [5.41, 5.74) is 4.66. The number of imide groups is 1. The summed E-state index contributed by atoms with van der Waals surface area (Å²) in [6.07, 6.45) is 0. The first-order valence-electron chi connectivity index (χ1n) is 11.4. The van der Waals surface area contributed by atoms with E-state index in [0.29, 0.717) is 50.8 Å². The first-order valence-corrected chi connectivity index (χ1v) is 11.8. The Morgan fingerprint density at radius 3 is 2.31 bits per heavy atom. The highest BCUT2D eigenvalue weighted by atomic mass is 35.5. The molecule has 1 aliphatic rings. The molecule has 0 aliphatic carbocycles. The molecular formula is C29H21ClN2O4. The Balaban J connectivity index is 1.61. The maximum atomic E-state index is 13.1. The van der Waals surface area contributed by atoms with E-state index in [1.807, 2.05) is 78.3 Å². The number of ether oxygens (including phenoxy) is 2. The number of methoxy groups -OCH3 is 1. The van der Waals surface area contributed by atoms with Gasteiger partial charge < -0.3 is 14.0 Å². The lowest BCUT2D eigenvalue weighted by atomic mass is 9.93. The van der Waals surface area contributed by atoms with Crippen LogP contribution in [-0.2, 0) is 13.7 Å². The average molecular weight is 497 g/mol. The number of aryl methyl sites for hydroxylation is 1. The van der Waals surface area contributed by atoms with Crippen LogP contribution < -0.4 is 14.8 Å². The fourth-order valence-corrected chi connectivity index (χ4v) is 5.19. The minimum Gasteiger partial charge on any atom is -0.493 e. The lowest BCUT2D eigenvalue weighted by molar-refractivity contribution is 0.0880. The summed E-state index contributed by atoms with van der Waals surface area (Å²) < 4.78 is 13.8. The fourth-order valence-electron chi connectivity index (χ4n) is 4.95. The van der Waals surface area contributed by atoms with Gasteiger partial charge in [0.1, 0.15) is 6.61 Å². The van der Waals surface area contributed by atoms with E-state index >= 15 is 0 Å². The molecule has 36 heavy (non-hydrogen) atoms. The van der Waals surface area contributed by atoms with Gasteiger partial charge in [-0.1, -0.05) is 60.1 Å². The Bertz CT molecular complexity index is 1710. The van der Waals surface area contributed by atoms with Crippen molar-refractivity contribution >= 4 is 45.2 Å². The van der Waals surface area contributed by atoms with E-state index in [1.54, 1.807) is 13.2 Å². The molecule has 2 amide bonds. The molecule has 0 unspecified atom stereocenters. The van der Waals surface area contributed by atoms with Crippen molar-refractivity contribution in [2.24, 2.45) is 7.05 Å². The highest BCUT2D eigenvalue weighted by Gasteiger charge is 2.35. The minimum atomic E-state index is -0.432. The van der Waals surface area contributed by atoms with Crippen molar-refractivity contribution in [1.29, 1.82) is 0 Å². The van der Waals surface area contributed by atoms with Crippen molar-refractivity contribution in [3.63, 3.8) is 0 Å². The van der Waals surface area contributed by atoms with Gasteiger partial charge in [-0.3, -0.25) is 14.9 Å². The molecule has 6 rings (SSSR count). The van der Waals surface area contributed by atoms with Crippen LogP contribution in [0, 0.1) is 0 Å². The molecule has 1 aromatic heterocycles. The molecule has 0 radical (unpaired) electrons. The number of hydrogen-bond acceptors (Lipinski definition) is 4. The highest BCUT2D eigenvalue weighted by Crippen LogP contribution is 2.44. The minimum absolute atomic E-state index is 0.330. The average Bonchev–Trinajstić information content (AvgIpc) is 3.34. The number of hydrogen-bond donors (Lipinski definition) is 1. The van der Waals surface area contributed by atoms with Crippen LogP contribution in [0.1, 0.15) is 26.3 Å². The number of carbonyl (C=O) groups excluding carboxylic acids is 2. The quantitative estimate of drug-likeness (QED) is 0.297. The topological polar surface area (TPSA) is 69.6 Å². The Hall–Kier alpha value is -4.29. The van der Waals surface area contributed by atoms with Crippen LogP contribution in [0.25, 0.3) is 32.9 Å². The van der Waals surface area contributed by atoms with Gasteiger partial charge in [-0.05, 0) is 29.3 Å². The molecule has 0 saturated carbocycles. The summed E-state index contributed by atoms with van der Waals surface area (Å²) in [5.74, 6) is 0.270. The summed E-state index contributed by atoms with van der Waals surface area (Å²) in [5, 5.41) is 4.46. The van der Waals surface area contributed by atoms with Gasteiger partial charge in [0.25, 0.3) is 11.8 Å². The van der Waals surface area contributed by atoms with Gasteiger partial charge in [0.05, 0.1) is 29.3 Å². The van der Waals surface area contributed by atoms with Gasteiger partial charge in [-0.2, -0.15) is 0 Å². The lowest BCUT2D eigenvalue weighted by Crippen LogP contribution is -2.20. The molecule has 0 saturated heterocycles. The normalized spacial score (nSPS) is 12.8. The van der Waals surface area contributed by atoms with Crippen molar-refractivity contribution in [2.75, 3.05) is 7.11 Å². The van der Waals surface area contributed by atoms with Gasteiger partial charge in [-0.15, -0.1) is 0 Å². The van der Waals surface area contributed by atoms with E-state index in [4.69, 9.17) is 21.1 Å². The number of halogens is 1. The third kappa shape index (κ3) is 3.33. The van der Waals surface area contributed by atoms with Gasteiger partial charge in [0, 0.05) is 34.5 Å². The highest BCUT2D eigenvalue weighted by molar-refractivity contribution is 6.36. The van der Waals surface area contributed by atoms with Gasteiger partial charge in [0.2, 0.25) is 0 Å². The standard InChI is InChI=1S/C29H21ClN2O4/c1-32-21-14-24(36-15-16-8-4-3-5-9-16)23(35-2)13-19(21)25-22(32)12-18(17-10-6-7-11-20(17)30)26-27(25)29(34)31-28(26)33/h3-14H,15H2,1-2H3,(H,31,33,34). The first kappa shape index (κ1) is 22.2. The zero-order valence-electron chi connectivity index (χ0n) is 19.6. The van der Waals surface area contributed by atoms with Crippen LogP contribution in [0.2, 0.25) is 5.02 Å². The van der Waals surface area contributed by atoms with Crippen LogP contribution in [0.5, 0.6) is 11.5 Å². The van der Waals surface area contributed by atoms with Crippen molar-refractivity contribution in [1.82, 2.24) is 9.88 Å². The third-order valence-corrected chi connectivity index (χ3v) is 6.99. The number of amides is 2. The molecule has 178 valence electrons. The molecule has 2 heterocycles. The zero-order valence-corrected chi connectivity index (χ0v) is 20.3. The molecule has 0 bridgehead atoms.